The molecular weight excluding hydrogens is 490 g/mol. The molecule has 7 nitrogen and oxygen atoms in total. The van der Waals surface area contributed by atoms with Crippen LogP contribution >= 0.6 is 0 Å². The Balaban J connectivity index is 2.51. The highest BCUT2D eigenvalue weighted by molar-refractivity contribution is 5.92. The van der Waals surface area contributed by atoms with Crippen LogP contribution in [0.3, 0.4) is 0 Å². The van der Waals surface area contributed by atoms with Gasteiger partial charge in [0.2, 0.25) is 11.8 Å². The van der Waals surface area contributed by atoms with Crippen molar-refractivity contribution in [3.63, 3.8) is 0 Å². The zero-order valence-corrected chi connectivity index (χ0v) is 24.8. The summed E-state index contributed by atoms with van der Waals surface area (Å²) in [6.45, 7) is 14.3. The molecule has 7 heteroatoms. The molecule has 0 spiro atoms. The van der Waals surface area contributed by atoms with Gasteiger partial charge in [-0.15, -0.1) is 0 Å². The number of alkyl carbamates (subject to hydrolysis) is 1. The van der Waals surface area contributed by atoms with Gasteiger partial charge < -0.3 is 20.3 Å². The average molecular weight is 538 g/mol. The number of benzene rings is 2. The average Bonchev–Trinajstić information content (AvgIpc) is 2.87. The highest BCUT2D eigenvalue weighted by Gasteiger charge is 2.36. The number of nitrogens with one attached hydrogen (secondary N) is 2. The Hall–Kier alpha value is -3.35. The Bertz CT molecular complexity index is 1080. The van der Waals surface area contributed by atoms with Crippen LogP contribution in [-0.2, 0) is 20.7 Å². The molecule has 2 unspecified atom stereocenters. The fourth-order valence-corrected chi connectivity index (χ4v) is 4.50. The van der Waals surface area contributed by atoms with E-state index in [0.29, 0.717) is 19.5 Å². The van der Waals surface area contributed by atoms with Crippen molar-refractivity contribution in [3.05, 3.63) is 70.8 Å². The van der Waals surface area contributed by atoms with Crippen LogP contribution in [0.25, 0.3) is 0 Å². The minimum absolute atomic E-state index is 0.211. The van der Waals surface area contributed by atoms with Crippen molar-refractivity contribution in [2.75, 3.05) is 13.1 Å². The fourth-order valence-electron chi connectivity index (χ4n) is 4.50. The molecule has 2 atom stereocenters. The number of aryl methyl sites for hydroxylation is 2. The molecule has 0 saturated carbocycles. The summed E-state index contributed by atoms with van der Waals surface area (Å²) in [7, 11) is 0. The van der Waals surface area contributed by atoms with Crippen molar-refractivity contribution in [2.45, 2.75) is 98.3 Å². The quantitative estimate of drug-likeness (QED) is 0.306. The normalized spacial score (nSPS) is 12.8. The van der Waals surface area contributed by atoms with Gasteiger partial charge in [-0.25, -0.2) is 4.79 Å². The van der Waals surface area contributed by atoms with Crippen LogP contribution in [0.4, 0.5) is 4.79 Å². The molecule has 0 aliphatic carbocycles. The van der Waals surface area contributed by atoms with Crippen LogP contribution < -0.4 is 10.6 Å². The van der Waals surface area contributed by atoms with Crippen molar-refractivity contribution >= 4 is 17.9 Å². The minimum atomic E-state index is -0.908. The highest BCUT2D eigenvalue weighted by Crippen LogP contribution is 2.27. The number of hydrogen-bond donors (Lipinski definition) is 2. The Kier molecular flexibility index (Phi) is 12.5. The van der Waals surface area contributed by atoms with Gasteiger partial charge in [-0.05, 0) is 64.2 Å². The first-order chi connectivity index (χ1) is 18.5. The van der Waals surface area contributed by atoms with Crippen molar-refractivity contribution in [1.82, 2.24) is 15.5 Å². The van der Waals surface area contributed by atoms with E-state index < -0.39 is 23.8 Å². The molecule has 214 valence electrons. The second kappa shape index (κ2) is 15.3. The van der Waals surface area contributed by atoms with Crippen LogP contribution in [0.5, 0.6) is 0 Å². The molecule has 39 heavy (non-hydrogen) atoms. The summed E-state index contributed by atoms with van der Waals surface area (Å²) < 4.78 is 5.50. The van der Waals surface area contributed by atoms with Gasteiger partial charge in [0.25, 0.3) is 0 Å². The van der Waals surface area contributed by atoms with Crippen LogP contribution in [0, 0.1) is 13.8 Å². The summed E-state index contributed by atoms with van der Waals surface area (Å²) >= 11 is 0. The molecule has 0 aliphatic rings. The maximum Gasteiger partial charge on any atom is 0.408 e. The zero-order valence-electron chi connectivity index (χ0n) is 24.8. The molecule has 2 rings (SSSR count). The second-order valence-electron chi connectivity index (χ2n) is 11.2. The Morgan fingerprint density at radius 2 is 1.64 bits per heavy atom. The van der Waals surface area contributed by atoms with Crippen molar-refractivity contribution in [2.24, 2.45) is 0 Å². The Morgan fingerprint density at radius 1 is 0.949 bits per heavy atom. The van der Waals surface area contributed by atoms with E-state index in [1.54, 1.807) is 25.7 Å². The third kappa shape index (κ3) is 10.4. The maximum atomic E-state index is 14.3. The van der Waals surface area contributed by atoms with Gasteiger partial charge in [0.05, 0.1) is 0 Å². The molecule has 0 fully saturated rings. The molecule has 0 heterocycles. The third-order valence-electron chi connectivity index (χ3n) is 6.39. The lowest BCUT2D eigenvalue weighted by Crippen LogP contribution is -2.54. The van der Waals surface area contributed by atoms with E-state index in [0.717, 1.165) is 41.5 Å². The van der Waals surface area contributed by atoms with E-state index in [2.05, 4.69) is 17.6 Å². The van der Waals surface area contributed by atoms with E-state index in [9.17, 15) is 14.4 Å². The molecule has 0 saturated heterocycles. The summed E-state index contributed by atoms with van der Waals surface area (Å²) in [5, 5.41) is 5.88. The highest BCUT2D eigenvalue weighted by atomic mass is 16.6. The number of unbranched alkanes of at least 4 members (excludes halogenated alkanes) is 2. The topological polar surface area (TPSA) is 87.7 Å². The molecule has 0 aromatic heterocycles. The molecule has 0 aliphatic heterocycles. The summed E-state index contributed by atoms with van der Waals surface area (Å²) in [6, 6.07) is 13.8. The van der Waals surface area contributed by atoms with Crippen molar-refractivity contribution in [1.29, 1.82) is 0 Å². The number of ether oxygens (including phenoxy) is 1. The summed E-state index contributed by atoms with van der Waals surface area (Å²) in [5.74, 6) is -0.529. The largest absolute Gasteiger partial charge is 0.444 e. The van der Waals surface area contributed by atoms with Gasteiger partial charge in [0.1, 0.15) is 17.7 Å². The van der Waals surface area contributed by atoms with Gasteiger partial charge >= 0.3 is 6.09 Å². The van der Waals surface area contributed by atoms with E-state index in [1.807, 2.05) is 69.3 Å². The second-order valence-corrected chi connectivity index (χ2v) is 11.2. The first kappa shape index (κ1) is 31.9. The number of carbonyl (C=O) groups excluding carboxylic acids is 3. The SMILES string of the molecule is CCCCCNC(=O)C(c1cc(C)ccc1C)N(CCC)C(=O)C(Cc1ccccc1)NC(=O)OC(C)(C)C. The standard InChI is InChI=1S/C32H47N3O4/c1-8-10-14-19-33-29(36)28(26-21-23(3)17-18-24(26)4)35(20-9-2)30(37)27(22-25-15-12-11-13-16-25)34-31(38)39-32(5,6)7/h11-13,15-18,21,27-28H,8-10,14,19-20,22H2,1-7H3,(H,33,36)(H,34,38). The number of rotatable bonds is 13. The van der Waals surface area contributed by atoms with Gasteiger partial charge in [-0.1, -0.05) is 80.8 Å². The molecule has 2 N–H and O–H groups in total. The van der Waals surface area contributed by atoms with Crippen LogP contribution in [-0.4, -0.2) is 47.5 Å². The number of carbonyl (C=O) groups is 3. The van der Waals surface area contributed by atoms with Gasteiger partial charge in [0.15, 0.2) is 0 Å². The van der Waals surface area contributed by atoms with E-state index in [-0.39, 0.29) is 18.2 Å². The Morgan fingerprint density at radius 3 is 2.26 bits per heavy atom. The summed E-state index contributed by atoms with van der Waals surface area (Å²) in [6.07, 6.45) is 3.21. The molecule has 2 aromatic rings. The first-order valence-corrected chi connectivity index (χ1v) is 14.2. The summed E-state index contributed by atoms with van der Waals surface area (Å²) in [4.78, 5) is 42.5. The lowest BCUT2D eigenvalue weighted by Gasteiger charge is -2.35. The fraction of sp³-hybridized carbons (Fsp3) is 0.531. The minimum Gasteiger partial charge on any atom is -0.444 e. The number of amides is 3. The van der Waals surface area contributed by atoms with Gasteiger partial charge in [-0.2, -0.15) is 0 Å². The predicted octanol–water partition coefficient (Wildman–Crippen LogP) is 6.03. The summed E-state index contributed by atoms with van der Waals surface area (Å²) in [5.41, 5.74) is 2.92. The van der Waals surface area contributed by atoms with Crippen LogP contribution in [0.15, 0.2) is 48.5 Å². The Labute approximate surface area is 234 Å². The van der Waals surface area contributed by atoms with E-state index in [4.69, 9.17) is 4.74 Å². The molecular formula is C32H47N3O4. The van der Waals surface area contributed by atoms with Gasteiger partial charge in [0, 0.05) is 19.5 Å². The van der Waals surface area contributed by atoms with Crippen LogP contribution in [0.1, 0.15) is 88.6 Å². The monoisotopic (exact) mass is 537 g/mol. The lowest BCUT2D eigenvalue weighted by molar-refractivity contribution is -0.142. The molecule has 3 amide bonds. The van der Waals surface area contributed by atoms with E-state index in [1.165, 1.54) is 0 Å². The lowest BCUT2D eigenvalue weighted by atomic mass is 9.95. The number of hydrogen-bond acceptors (Lipinski definition) is 4. The first-order valence-electron chi connectivity index (χ1n) is 14.2. The molecule has 2 aromatic carbocycles. The van der Waals surface area contributed by atoms with Crippen molar-refractivity contribution < 1.29 is 19.1 Å². The smallest absolute Gasteiger partial charge is 0.408 e. The molecule has 0 bridgehead atoms. The van der Waals surface area contributed by atoms with Crippen LogP contribution in [0.2, 0.25) is 0 Å². The van der Waals surface area contributed by atoms with Gasteiger partial charge in [-0.3, -0.25) is 9.59 Å². The van der Waals surface area contributed by atoms with E-state index >= 15 is 0 Å². The molecule has 0 radical (unpaired) electrons. The zero-order chi connectivity index (χ0) is 29.0. The van der Waals surface area contributed by atoms with Crippen molar-refractivity contribution in [3.8, 4) is 0 Å². The maximum absolute atomic E-state index is 14.3. The number of nitrogens with zero attached hydrogens (tertiary/aromatic N) is 1. The predicted molar refractivity (Wildman–Crippen MR) is 156 cm³/mol. The third-order valence-corrected chi connectivity index (χ3v) is 6.39.